The zero-order chi connectivity index (χ0) is 11.8. The molecule has 2 rings (SSSR count). The lowest BCUT2D eigenvalue weighted by molar-refractivity contribution is 0.112. The Kier molecular flexibility index (Phi) is 5.72. The number of aldehydes is 1. The first-order valence-electron chi connectivity index (χ1n) is 5.68. The van der Waals surface area contributed by atoms with Crippen LogP contribution in [0.25, 0.3) is 0 Å². The highest BCUT2D eigenvalue weighted by Crippen LogP contribution is 2.14. The monoisotopic (exact) mass is 223 g/mol. The van der Waals surface area contributed by atoms with Gasteiger partial charge in [-0.2, -0.15) is 0 Å². The van der Waals surface area contributed by atoms with Crippen LogP contribution >= 0.6 is 0 Å². The number of nitrogens with two attached hydrogens (primary N) is 1. The van der Waals surface area contributed by atoms with Gasteiger partial charge in [0.25, 0.3) is 0 Å². The Labute approximate surface area is 95.7 Å². The van der Waals surface area contributed by atoms with Crippen LogP contribution in [0.3, 0.4) is 0 Å². The molecule has 0 aliphatic heterocycles. The first kappa shape index (κ1) is 12.8. The Balaban J connectivity index is 0.000000165. The molecule has 0 aromatic heterocycles. The third-order valence-electron chi connectivity index (χ3n) is 2.63. The van der Waals surface area contributed by atoms with E-state index < -0.39 is 0 Å². The van der Waals surface area contributed by atoms with Crippen LogP contribution in [0.4, 0.5) is 4.39 Å². The standard InChI is InChI=1S/C7H5FO.C6H13N/c8-7-3-1-2-6(4-7)5-9;7-6-4-2-1-3-5-6/h1-5H;6H,1-5,7H2. The van der Waals surface area contributed by atoms with Crippen molar-refractivity contribution >= 4 is 6.29 Å². The lowest BCUT2D eigenvalue weighted by Crippen LogP contribution is -2.22. The summed E-state index contributed by atoms with van der Waals surface area (Å²) in [7, 11) is 0. The zero-order valence-electron chi connectivity index (χ0n) is 9.36. The molecular weight excluding hydrogens is 205 g/mol. The van der Waals surface area contributed by atoms with E-state index in [1.54, 1.807) is 6.07 Å². The molecule has 1 aromatic carbocycles. The van der Waals surface area contributed by atoms with E-state index in [0.717, 1.165) is 0 Å². The van der Waals surface area contributed by atoms with E-state index in [0.29, 0.717) is 17.9 Å². The van der Waals surface area contributed by atoms with Gasteiger partial charge in [-0.15, -0.1) is 0 Å². The van der Waals surface area contributed by atoms with Gasteiger partial charge in [0.15, 0.2) is 0 Å². The summed E-state index contributed by atoms with van der Waals surface area (Å²) >= 11 is 0. The second-order valence-electron chi connectivity index (χ2n) is 4.07. The van der Waals surface area contributed by atoms with Gasteiger partial charge in [-0.3, -0.25) is 4.79 Å². The van der Waals surface area contributed by atoms with E-state index in [-0.39, 0.29) is 5.82 Å². The fourth-order valence-electron chi connectivity index (χ4n) is 1.71. The molecule has 1 fully saturated rings. The highest BCUT2D eigenvalue weighted by atomic mass is 19.1. The summed E-state index contributed by atoms with van der Waals surface area (Å²) in [6, 6.07) is 6.07. The van der Waals surface area contributed by atoms with Gasteiger partial charge in [0.05, 0.1) is 0 Å². The van der Waals surface area contributed by atoms with E-state index in [1.165, 1.54) is 50.3 Å². The summed E-state index contributed by atoms with van der Waals surface area (Å²) < 4.78 is 12.2. The Morgan fingerprint density at radius 2 is 1.94 bits per heavy atom. The molecule has 2 nitrogen and oxygen atoms in total. The van der Waals surface area contributed by atoms with E-state index >= 15 is 0 Å². The smallest absolute Gasteiger partial charge is 0.150 e. The summed E-state index contributed by atoms with van der Waals surface area (Å²) in [5.74, 6) is -0.375. The second kappa shape index (κ2) is 7.12. The molecule has 0 saturated heterocycles. The minimum atomic E-state index is -0.375. The van der Waals surface area contributed by atoms with Gasteiger partial charge >= 0.3 is 0 Å². The molecule has 1 aliphatic rings. The van der Waals surface area contributed by atoms with Crippen molar-refractivity contribution in [2.75, 3.05) is 0 Å². The zero-order valence-corrected chi connectivity index (χ0v) is 9.36. The normalized spacial score (nSPS) is 16.1. The maximum Gasteiger partial charge on any atom is 0.150 e. The van der Waals surface area contributed by atoms with Crippen LogP contribution in [0.15, 0.2) is 24.3 Å². The summed E-state index contributed by atoms with van der Waals surface area (Å²) in [6.07, 6.45) is 7.28. The number of carbonyl (C=O) groups excluding carboxylic acids is 1. The first-order chi connectivity index (χ1) is 7.72. The third-order valence-corrected chi connectivity index (χ3v) is 2.63. The number of hydrogen-bond donors (Lipinski definition) is 1. The molecule has 0 bridgehead atoms. The number of halogens is 1. The van der Waals surface area contributed by atoms with Crippen LogP contribution in [-0.4, -0.2) is 12.3 Å². The number of benzene rings is 1. The fourth-order valence-corrected chi connectivity index (χ4v) is 1.71. The van der Waals surface area contributed by atoms with Crippen LogP contribution in [0, 0.1) is 5.82 Å². The molecule has 0 heterocycles. The van der Waals surface area contributed by atoms with Crippen LogP contribution < -0.4 is 5.73 Å². The van der Waals surface area contributed by atoms with Crippen molar-refractivity contribution < 1.29 is 9.18 Å². The van der Waals surface area contributed by atoms with Gasteiger partial charge in [-0.05, 0) is 25.0 Å². The van der Waals surface area contributed by atoms with Gasteiger partial charge in [0, 0.05) is 11.6 Å². The second-order valence-corrected chi connectivity index (χ2v) is 4.07. The summed E-state index contributed by atoms with van der Waals surface area (Å²) in [4.78, 5) is 9.99. The van der Waals surface area contributed by atoms with Crippen molar-refractivity contribution in [3.8, 4) is 0 Å². The molecule has 0 amide bonds. The van der Waals surface area contributed by atoms with Gasteiger partial charge in [-0.25, -0.2) is 4.39 Å². The largest absolute Gasteiger partial charge is 0.328 e. The van der Waals surface area contributed by atoms with Crippen molar-refractivity contribution in [2.45, 2.75) is 38.1 Å². The van der Waals surface area contributed by atoms with Gasteiger partial charge in [0.2, 0.25) is 0 Å². The average molecular weight is 223 g/mol. The fraction of sp³-hybridized carbons (Fsp3) is 0.462. The van der Waals surface area contributed by atoms with E-state index in [4.69, 9.17) is 5.73 Å². The van der Waals surface area contributed by atoms with Crippen LogP contribution in [0.2, 0.25) is 0 Å². The SMILES string of the molecule is NC1CCCCC1.O=Cc1cccc(F)c1. The highest BCUT2D eigenvalue weighted by molar-refractivity contribution is 5.74. The maximum atomic E-state index is 12.2. The minimum Gasteiger partial charge on any atom is -0.328 e. The van der Waals surface area contributed by atoms with E-state index in [9.17, 15) is 9.18 Å². The highest BCUT2D eigenvalue weighted by Gasteiger charge is 2.06. The molecule has 1 saturated carbocycles. The van der Waals surface area contributed by atoms with Gasteiger partial charge in [0.1, 0.15) is 12.1 Å². The Bertz CT molecular complexity index is 321. The topological polar surface area (TPSA) is 43.1 Å². The number of hydrogen-bond acceptors (Lipinski definition) is 2. The van der Waals surface area contributed by atoms with Gasteiger partial charge in [-0.1, -0.05) is 31.4 Å². The molecule has 0 radical (unpaired) electrons. The summed E-state index contributed by atoms with van der Waals surface area (Å²) in [5.41, 5.74) is 6.01. The van der Waals surface area contributed by atoms with Crippen LogP contribution in [0.1, 0.15) is 42.5 Å². The van der Waals surface area contributed by atoms with E-state index in [2.05, 4.69) is 0 Å². The maximum absolute atomic E-state index is 12.2. The molecule has 0 unspecified atom stereocenters. The molecular formula is C13H18FNO. The molecule has 1 aliphatic carbocycles. The number of carbonyl (C=O) groups is 1. The lowest BCUT2D eigenvalue weighted by atomic mass is 9.97. The molecule has 16 heavy (non-hydrogen) atoms. The van der Waals surface area contributed by atoms with Crippen molar-refractivity contribution in [1.29, 1.82) is 0 Å². The van der Waals surface area contributed by atoms with Crippen molar-refractivity contribution in [3.05, 3.63) is 35.6 Å². The molecule has 2 N–H and O–H groups in total. The number of rotatable bonds is 1. The molecule has 88 valence electrons. The lowest BCUT2D eigenvalue weighted by Gasteiger charge is -2.15. The predicted octanol–water partition coefficient (Wildman–Crippen LogP) is 2.92. The third kappa shape index (κ3) is 5.03. The van der Waals surface area contributed by atoms with E-state index in [1.807, 2.05) is 0 Å². The molecule has 0 spiro atoms. The quantitative estimate of drug-likeness (QED) is 0.744. The summed E-state index contributed by atoms with van der Waals surface area (Å²) in [5, 5.41) is 0. The molecule has 3 heteroatoms. The predicted molar refractivity (Wildman–Crippen MR) is 62.8 cm³/mol. The van der Waals surface area contributed by atoms with Crippen LogP contribution in [-0.2, 0) is 0 Å². The Morgan fingerprint density at radius 3 is 2.31 bits per heavy atom. The Morgan fingerprint density at radius 1 is 1.25 bits per heavy atom. The molecule has 1 aromatic rings. The van der Waals surface area contributed by atoms with Crippen LogP contribution in [0.5, 0.6) is 0 Å². The van der Waals surface area contributed by atoms with Crippen molar-refractivity contribution in [2.24, 2.45) is 5.73 Å². The van der Waals surface area contributed by atoms with Crippen molar-refractivity contribution in [1.82, 2.24) is 0 Å². The minimum absolute atomic E-state index is 0.370. The average Bonchev–Trinajstić information content (AvgIpc) is 2.31. The van der Waals surface area contributed by atoms with Crippen molar-refractivity contribution in [3.63, 3.8) is 0 Å². The summed E-state index contributed by atoms with van der Waals surface area (Å²) in [6.45, 7) is 0. The first-order valence-corrected chi connectivity index (χ1v) is 5.68. The molecule has 0 atom stereocenters. The van der Waals surface area contributed by atoms with Gasteiger partial charge < -0.3 is 5.73 Å². The Hall–Kier alpha value is -1.22.